The van der Waals surface area contributed by atoms with Crippen LogP contribution in [-0.4, -0.2) is 59.2 Å². The fraction of sp³-hybridized carbons (Fsp3) is 0.385. The monoisotopic (exact) mass is 513 g/mol. The van der Waals surface area contributed by atoms with Crippen LogP contribution in [0.5, 0.6) is 11.6 Å². The number of rotatable bonds is 10. The maximum Gasteiger partial charge on any atom is 0.323 e. The lowest BCUT2D eigenvalue weighted by Crippen LogP contribution is -2.37. The van der Waals surface area contributed by atoms with E-state index in [0.29, 0.717) is 49.8 Å². The number of fused-ring (bicyclic) bond motifs is 1. The van der Waals surface area contributed by atoms with Gasteiger partial charge in [0.15, 0.2) is 0 Å². The third-order valence-corrected chi connectivity index (χ3v) is 8.02. The Morgan fingerprint density at radius 2 is 1.89 bits per heavy atom. The quantitative estimate of drug-likeness (QED) is 0.407. The average molecular weight is 514 g/mol. The van der Waals surface area contributed by atoms with Crippen molar-refractivity contribution >= 4 is 27.0 Å². The summed E-state index contributed by atoms with van der Waals surface area (Å²) in [5.74, 6) is 0.137. The van der Waals surface area contributed by atoms with Gasteiger partial charge in [0.1, 0.15) is 24.5 Å². The molecule has 0 atom stereocenters. The molecule has 0 bridgehead atoms. The number of aliphatic carboxylic acids is 1. The van der Waals surface area contributed by atoms with Crippen LogP contribution in [0.1, 0.15) is 38.2 Å². The second-order valence-electron chi connectivity index (χ2n) is 9.04. The van der Waals surface area contributed by atoms with Gasteiger partial charge in [0.25, 0.3) is 0 Å². The van der Waals surface area contributed by atoms with E-state index in [1.54, 1.807) is 41.0 Å². The first-order valence-electron chi connectivity index (χ1n) is 11.9. The van der Waals surface area contributed by atoms with Gasteiger partial charge in [-0.05, 0) is 68.5 Å². The summed E-state index contributed by atoms with van der Waals surface area (Å²) in [4.78, 5) is 16.2. The molecular weight excluding hydrogens is 482 g/mol. The smallest absolute Gasteiger partial charge is 0.323 e. The first-order chi connectivity index (χ1) is 17.2. The summed E-state index contributed by atoms with van der Waals surface area (Å²) >= 11 is 0. The van der Waals surface area contributed by atoms with Crippen LogP contribution in [0.4, 0.5) is 0 Å². The molecule has 1 saturated heterocycles. The van der Waals surface area contributed by atoms with Crippen molar-refractivity contribution in [1.82, 2.24) is 13.9 Å². The van der Waals surface area contributed by atoms with Crippen molar-refractivity contribution in [2.24, 2.45) is 0 Å². The zero-order valence-electron chi connectivity index (χ0n) is 20.5. The Morgan fingerprint density at radius 1 is 1.19 bits per heavy atom. The van der Waals surface area contributed by atoms with Crippen LogP contribution < -0.4 is 9.47 Å². The summed E-state index contributed by atoms with van der Waals surface area (Å²) in [6.07, 6.45) is 4.69. The van der Waals surface area contributed by atoms with Gasteiger partial charge < -0.3 is 19.1 Å². The minimum absolute atomic E-state index is 0.00869. The third-order valence-electron chi connectivity index (χ3n) is 6.11. The number of aromatic nitrogens is 2. The maximum atomic E-state index is 13.2. The van der Waals surface area contributed by atoms with Gasteiger partial charge >= 0.3 is 5.97 Å². The zero-order valence-corrected chi connectivity index (χ0v) is 21.3. The molecular formula is C26H31N3O6S. The van der Waals surface area contributed by atoms with Crippen LogP contribution in [0.3, 0.4) is 0 Å². The molecule has 2 aromatic heterocycles. The van der Waals surface area contributed by atoms with Crippen LogP contribution in [0.15, 0.2) is 60.1 Å². The maximum absolute atomic E-state index is 13.2. The Balaban J connectivity index is 1.52. The molecule has 0 saturated carbocycles. The number of piperidine rings is 1. The molecule has 0 amide bonds. The molecule has 4 rings (SSSR count). The van der Waals surface area contributed by atoms with Crippen LogP contribution >= 0.6 is 0 Å². The van der Waals surface area contributed by atoms with Crippen molar-refractivity contribution in [3.05, 3.63) is 60.8 Å². The normalized spacial score (nSPS) is 15.3. The van der Waals surface area contributed by atoms with Crippen LogP contribution in [0.2, 0.25) is 0 Å². The highest BCUT2D eigenvalue weighted by molar-refractivity contribution is 7.89. The van der Waals surface area contributed by atoms with E-state index in [1.165, 1.54) is 4.31 Å². The lowest BCUT2D eigenvalue weighted by molar-refractivity contribution is -0.137. The molecule has 3 aromatic rings. The molecule has 9 nitrogen and oxygen atoms in total. The third kappa shape index (κ3) is 5.55. The molecule has 1 aliphatic heterocycles. The molecule has 0 unspecified atom stereocenters. The number of ether oxygens (including phenoxy) is 2. The van der Waals surface area contributed by atoms with Crippen molar-refractivity contribution in [3.63, 3.8) is 0 Å². The molecule has 0 spiro atoms. The molecule has 1 aliphatic rings. The average Bonchev–Trinajstić information content (AvgIpc) is 3.19. The van der Waals surface area contributed by atoms with E-state index < -0.39 is 16.0 Å². The van der Waals surface area contributed by atoms with Gasteiger partial charge in [-0.15, -0.1) is 0 Å². The summed E-state index contributed by atoms with van der Waals surface area (Å²) in [6.45, 7) is 8.28. The largest absolute Gasteiger partial charge is 0.491 e. The zero-order chi connectivity index (χ0) is 25.9. The standard InChI is InChI=1S/C26H31N3O6S/c1-4-15-34-24-10-9-22-23(16-28(17-25(30)31)26(22)27-24)19-11-13-29(14-12-19)36(32,33)21-7-5-20(6-8-21)35-18(2)3/h4-10,16,18-19H,1,11-15,17H2,2-3H3,(H,30,31). The fourth-order valence-electron chi connectivity index (χ4n) is 4.51. The van der Waals surface area contributed by atoms with E-state index >= 15 is 0 Å². The van der Waals surface area contributed by atoms with E-state index in [4.69, 9.17) is 9.47 Å². The first-order valence-corrected chi connectivity index (χ1v) is 13.3. The highest BCUT2D eigenvalue weighted by Crippen LogP contribution is 2.36. The summed E-state index contributed by atoms with van der Waals surface area (Å²) in [6, 6.07) is 10.2. The van der Waals surface area contributed by atoms with Gasteiger partial charge in [0.05, 0.1) is 11.0 Å². The molecule has 1 aromatic carbocycles. The molecule has 192 valence electrons. The van der Waals surface area contributed by atoms with E-state index in [9.17, 15) is 18.3 Å². The van der Waals surface area contributed by atoms with Crippen LogP contribution in [-0.2, 0) is 21.4 Å². The number of carboxylic acids is 1. The molecule has 1 N–H and O–H groups in total. The number of hydrogen-bond donors (Lipinski definition) is 1. The molecule has 1 fully saturated rings. The van der Waals surface area contributed by atoms with Gasteiger partial charge in [0.2, 0.25) is 15.9 Å². The van der Waals surface area contributed by atoms with Gasteiger partial charge in [0, 0.05) is 30.7 Å². The van der Waals surface area contributed by atoms with Crippen molar-refractivity contribution in [2.75, 3.05) is 19.7 Å². The molecule has 0 radical (unpaired) electrons. The van der Waals surface area contributed by atoms with Gasteiger partial charge in [-0.2, -0.15) is 9.29 Å². The minimum atomic E-state index is -3.62. The number of nitrogens with zero attached hydrogens (tertiary/aromatic N) is 3. The minimum Gasteiger partial charge on any atom is -0.491 e. The summed E-state index contributed by atoms with van der Waals surface area (Å²) in [5, 5.41) is 10.2. The van der Waals surface area contributed by atoms with Crippen molar-refractivity contribution in [1.29, 1.82) is 0 Å². The van der Waals surface area contributed by atoms with Gasteiger partial charge in [-0.25, -0.2) is 8.42 Å². The van der Waals surface area contributed by atoms with E-state index in [2.05, 4.69) is 11.6 Å². The SMILES string of the molecule is C=CCOc1ccc2c(C3CCN(S(=O)(=O)c4ccc(OC(C)C)cc4)CC3)cn(CC(=O)O)c2n1. The molecule has 3 heterocycles. The molecule has 0 aliphatic carbocycles. The van der Waals surface area contributed by atoms with Crippen molar-refractivity contribution in [3.8, 4) is 11.6 Å². The summed E-state index contributed by atoms with van der Waals surface area (Å²) in [5.41, 5.74) is 1.51. The number of benzene rings is 1. The topological polar surface area (TPSA) is 111 Å². The first kappa shape index (κ1) is 25.7. The number of carbonyl (C=O) groups is 1. The Hall–Kier alpha value is -3.37. The molecule has 36 heavy (non-hydrogen) atoms. The Bertz CT molecular complexity index is 1340. The Kier molecular flexibility index (Phi) is 7.65. The summed E-state index contributed by atoms with van der Waals surface area (Å²) in [7, 11) is -3.62. The van der Waals surface area contributed by atoms with Gasteiger partial charge in [-0.3, -0.25) is 4.79 Å². The Labute approximate surface area is 211 Å². The predicted molar refractivity (Wildman–Crippen MR) is 136 cm³/mol. The van der Waals surface area contributed by atoms with E-state index in [-0.39, 0.29) is 23.5 Å². The highest BCUT2D eigenvalue weighted by Gasteiger charge is 2.31. The van der Waals surface area contributed by atoms with Crippen LogP contribution in [0.25, 0.3) is 11.0 Å². The lowest BCUT2D eigenvalue weighted by atomic mass is 9.90. The second kappa shape index (κ2) is 10.7. The number of sulfonamides is 1. The second-order valence-corrected chi connectivity index (χ2v) is 11.0. The van der Waals surface area contributed by atoms with Crippen molar-refractivity contribution < 1.29 is 27.8 Å². The number of pyridine rings is 1. The summed E-state index contributed by atoms with van der Waals surface area (Å²) < 4.78 is 40.7. The van der Waals surface area contributed by atoms with Crippen molar-refractivity contribution in [2.45, 2.75) is 50.2 Å². The lowest BCUT2D eigenvalue weighted by Gasteiger charge is -2.31. The number of carboxylic acid groups (broad SMARTS) is 1. The number of hydrogen-bond acceptors (Lipinski definition) is 6. The van der Waals surface area contributed by atoms with E-state index in [0.717, 1.165) is 10.9 Å². The fourth-order valence-corrected chi connectivity index (χ4v) is 5.98. The van der Waals surface area contributed by atoms with E-state index in [1.807, 2.05) is 26.1 Å². The highest BCUT2D eigenvalue weighted by atomic mass is 32.2. The Morgan fingerprint density at radius 3 is 2.50 bits per heavy atom. The van der Waals surface area contributed by atoms with Gasteiger partial charge in [-0.1, -0.05) is 12.7 Å². The predicted octanol–water partition coefficient (Wildman–Crippen LogP) is 4.04. The molecule has 10 heteroatoms. The van der Waals surface area contributed by atoms with Crippen LogP contribution in [0, 0.1) is 0 Å².